The van der Waals surface area contributed by atoms with Crippen LogP contribution in [0.2, 0.25) is 5.02 Å². The van der Waals surface area contributed by atoms with Gasteiger partial charge in [-0.15, -0.1) is 11.8 Å². The second-order valence-corrected chi connectivity index (χ2v) is 7.06. The lowest BCUT2D eigenvalue weighted by atomic mass is 10.1. The first-order valence-electron chi connectivity index (χ1n) is 6.90. The average molecular weight is 326 g/mol. The summed E-state index contributed by atoms with van der Waals surface area (Å²) < 4.78 is 0. The van der Waals surface area contributed by atoms with Gasteiger partial charge in [-0.3, -0.25) is 0 Å². The molecule has 0 aliphatic heterocycles. The molecule has 20 heavy (non-hydrogen) atoms. The van der Waals surface area contributed by atoms with E-state index in [-0.39, 0.29) is 0 Å². The summed E-state index contributed by atoms with van der Waals surface area (Å²) in [6, 6.07) is 10.8. The fourth-order valence-electron chi connectivity index (χ4n) is 1.96. The third-order valence-corrected chi connectivity index (χ3v) is 5.17. The molecule has 2 aromatic rings. The predicted octanol–water partition coefficient (Wildman–Crippen LogP) is 5.10. The van der Waals surface area contributed by atoms with Crippen LogP contribution >= 0.6 is 34.7 Å². The summed E-state index contributed by atoms with van der Waals surface area (Å²) in [5.74, 6) is 1.08. The monoisotopic (exact) mass is 325 g/mol. The zero-order chi connectivity index (χ0) is 14.2. The Balaban J connectivity index is 1.87. The zero-order valence-corrected chi connectivity index (χ0v) is 14.0. The maximum absolute atomic E-state index is 5.92. The van der Waals surface area contributed by atoms with Crippen molar-refractivity contribution in [2.75, 3.05) is 12.3 Å². The molecule has 0 saturated carbocycles. The highest BCUT2D eigenvalue weighted by Gasteiger charge is 2.10. The van der Waals surface area contributed by atoms with Crippen LogP contribution in [0.4, 0.5) is 0 Å². The van der Waals surface area contributed by atoms with Crippen molar-refractivity contribution in [1.29, 1.82) is 0 Å². The van der Waals surface area contributed by atoms with Crippen LogP contribution in [0.25, 0.3) is 0 Å². The smallest absolute Gasteiger partial charge is 0.0406 e. The Morgan fingerprint density at radius 1 is 1.25 bits per heavy atom. The highest BCUT2D eigenvalue weighted by Crippen LogP contribution is 2.22. The minimum atomic E-state index is 0.519. The van der Waals surface area contributed by atoms with Crippen molar-refractivity contribution in [3.05, 3.63) is 51.7 Å². The maximum atomic E-state index is 5.92. The van der Waals surface area contributed by atoms with Gasteiger partial charge in [0.05, 0.1) is 0 Å². The van der Waals surface area contributed by atoms with Gasteiger partial charge in [-0.25, -0.2) is 0 Å². The fraction of sp³-hybridized carbons (Fsp3) is 0.375. The number of thiophene rings is 1. The molecule has 1 nitrogen and oxygen atoms in total. The van der Waals surface area contributed by atoms with Gasteiger partial charge in [-0.2, -0.15) is 11.3 Å². The molecule has 0 amide bonds. The summed E-state index contributed by atoms with van der Waals surface area (Å²) in [5, 5.41) is 8.84. The third-order valence-electron chi connectivity index (χ3n) is 3.01. The molecule has 0 fully saturated rings. The molecule has 1 unspecified atom stereocenters. The quantitative estimate of drug-likeness (QED) is 0.677. The largest absolute Gasteiger partial charge is 0.313 e. The van der Waals surface area contributed by atoms with Gasteiger partial charge in [0.1, 0.15) is 0 Å². The standard InChI is InChI=1S/C16H20ClNS2/c1-2-8-18-15(10-13-7-9-19-11-13)12-20-16-5-3-14(17)4-6-16/h3-7,9,11,15,18H,2,8,10,12H2,1H3. The van der Waals surface area contributed by atoms with E-state index in [0.717, 1.165) is 23.7 Å². The second-order valence-electron chi connectivity index (χ2n) is 4.75. The lowest BCUT2D eigenvalue weighted by molar-refractivity contribution is 0.551. The molecule has 1 aromatic carbocycles. The van der Waals surface area contributed by atoms with Crippen LogP contribution in [-0.2, 0) is 6.42 Å². The van der Waals surface area contributed by atoms with Gasteiger partial charge in [-0.1, -0.05) is 18.5 Å². The van der Waals surface area contributed by atoms with E-state index in [2.05, 4.69) is 41.2 Å². The van der Waals surface area contributed by atoms with Gasteiger partial charge in [0.2, 0.25) is 0 Å². The van der Waals surface area contributed by atoms with Crippen molar-refractivity contribution < 1.29 is 0 Å². The van der Waals surface area contributed by atoms with Crippen LogP contribution in [-0.4, -0.2) is 18.3 Å². The van der Waals surface area contributed by atoms with E-state index in [0.29, 0.717) is 6.04 Å². The average Bonchev–Trinajstić information content (AvgIpc) is 2.96. The molecule has 0 aliphatic carbocycles. The van der Waals surface area contributed by atoms with Crippen LogP contribution in [0.5, 0.6) is 0 Å². The van der Waals surface area contributed by atoms with Crippen molar-refractivity contribution in [3.63, 3.8) is 0 Å². The van der Waals surface area contributed by atoms with Gasteiger partial charge in [-0.05, 0) is 66.0 Å². The zero-order valence-electron chi connectivity index (χ0n) is 11.6. The molecule has 1 aromatic heterocycles. The van der Waals surface area contributed by atoms with E-state index in [1.807, 2.05) is 23.9 Å². The summed E-state index contributed by atoms with van der Waals surface area (Å²) in [4.78, 5) is 1.28. The molecule has 2 rings (SSSR count). The number of hydrogen-bond donors (Lipinski definition) is 1. The number of rotatable bonds is 8. The molecule has 0 bridgehead atoms. The van der Waals surface area contributed by atoms with Gasteiger partial charge >= 0.3 is 0 Å². The van der Waals surface area contributed by atoms with Crippen molar-refractivity contribution in [1.82, 2.24) is 5.32 Å². The van der Waals surface area contributed by atoms with E-state index < -0.39 is 0 Å². The molecule has 1 atom stereocenters. The van der Waals surface area contributed by atoms with Crippen molar-refractivity contribution >= 4 is 34.7 Å². The minimum Gasteiger partial charge on any atom is -0.313 e. The van der Waals surface area contributed by atoms with Crippen molar-refractivity contribution in [2.45, 2.75) is 30.7 Å². The summed E-state index contributed by atoms with van der Waals surface area (Å²) in [6.45, 7) is 3.29. The SMILES string of the molecule is CCCNC(CSc1ccc(Cl)cc1)Cc1ccsc1. The molecule has 0 radical (unpaired) electrons. The Labute approximate surface area is 134 Å². The van der Waals surface area contributed by atoms with Crippen LogP contribution in [0.15, 0.2) is 46.0 Å². The maximum Gasteiger partial charge on any atom is 0.0406 e. The number of nitrogens with one attached hydrogen (secondary N) is 1. The first kappa shape index (κ1) is 15.9. The summed E-state index contributed by atoms with van der Waals surface area (Å²) >= 11 is 9.58. The molecule has 0 saturated heterocycles. The Kier molecular flexibility index (Phi) is 6.94. The number of thioether (sulfide) groups is 1. The van der Waals surface area contributed by atoms with Crippen molar-refractivity contribution in [2.24, 2.45) is 0 Å². The highest BCUT2D eigenvalue weighted by molar-refractivity contribution is 7.99. The van der Waals surface area contributed by atoms with E-state index in [9.17, 15) is 0 Å². The second kappa shape index (κ2) is 8.73. The molecular weight excluding hydrogens is 306 g/mol. The first-order valence-corrected chi connectivity index (χ1v) is 9.21. The van der Waals surface area contributed by atoms with Crippen LogP contribution in [0, 0.1) is 0 Å². The topological polar surface area (TPSA) is 12.0 Å². The lowest BCUT2D eigenvalue weighted by Crippen LogP contribution is -2.33. The normalized spacial score (nSPS) is 12.5. The van der Waals surface area contributed by atoms with E-state index in [4.69, 9.17) is 11.6 Å². The molecule has 4 heteroatoms. The van der Waals surface area contributed by atoms with E-state index >= 15 is 0 Å². The Bertz CT molecular complexity index is 482. The molecule has 108 valence electrons. The van der Waals surface area contributed by atoms with Gasteiger partial charge in [0.15, 0.2) is 0 Å². The van der Waals surface area contributed by atoms with Crippen LogP contribution < -0.4 is 5.32 Å². The molecule has 0 aliphatic rings. The lowest BCUT2D eigenvalue weighted by Gasteiger charge is -2.17. The third kappa shape index (κ3) is 5.49. The first-order chi connectivity index (χ1) is 9.78. The van der Waals surface area contributed by atoms with Crippen molar-refractivity contribution in [3.8, 4) is 0 Å². The van der Waals surface area contributed by atoms with Crippen LogP contribution in [0.3, 0.4) is 0 Å². The Hall–Kier alpha value is -0.480. The molecule has 1 heterocycles. The summed E-state index contributed by atoms with van der Waals surface area (Å²) in [7, 11) is 0. The number of halogens is 1. The summed E-state index contributed by atoms with van der Waals surface area (Å²) in [5.41, 5.74) is 1.43. The van der Waals surface area contributed by atoms with Gasteiger partial charge < -0.3 is 5.32 Å². The van der Waals surface area contributed by atoms with Gasteiger partial charge in [0.25, 0.3) is 0 Å². The minimum absolute atomic E-state index is 0.519. The fourth-order valence-corrected chi connectivity index (χ4v) is 3.72. The predicted molar refractivity (Wildman–Crippen MR) is 92.3 cm³/mol. The van der Waals surface area contributed by atoms with Gasteiger partial charge in [0, 0.05) is 21.7 Å². The summed E-state index contributed by atoms with van der Waals surface area (Å²) in [6.07, 6.45) is 2.27. The van der Waals surface area contributed by atoms with E-state index in [1.165, 1.54) is 16.9 Å². The molecule has 1 N–H and O–H groups in total. The number of hydrogen-bond acceptors (Lipinski definition) is 3. The highest BCUT2D eigenvalue weighted by atomic mass is 35.5. The Morgan fingerprint density at radius 3 is 2.70 bits per heavy atom. The Morgan fingerprint density at radius 2 is 2.05 bits per heavy atom. The number of benzene rings is 1. The molecule has 0 spiro atoms. The van der Waals surface area contributed by atoms with E-state index in [1.54, 1.807) is 11.3 Å². The van der Waals surface area contributed by atoms with Crippen LogP contribution in [0.1, 0.15) is 18.9 Å². The molecular formula is C16H20ClNS2.